The lowest BCUT2D eigenvalue weighted by Gasteiger charge is -2.10. The van der Waals surface area contributed by atoms with Crippen molar-refractivity contribution in [2.75, 3.05) is 0 Å². The molecule has 2 aromatic carbocycles. The molecule has 0 aliphatic carbocycles. The van der Waals surface area contributed by atoms with E-state index in [-0.39, 0.29) is 11.3 Å². The number of halogens is 2. The van der Waals surface area contributed by atoms with Gasteiger partial charge in [-0.3, -0.25) is 10.2 Å². The van der Waals surface area contributed by atoms with Crippen LogP contribution in [0.25, 0.3) is 5.70 Å². The molecule has 5 N–H and O–H groups in total. The molecular formula is C17H15F2N3O. The van der Waals surface area contributed by atoms with Gasteiger partial charge < -0.3 is 11.5 Å². The summed E-state index contributed by atoms with van der Waals surface area (Å²) in [6.45, 7) is 1.86. The lowest BCUT2D eigenvalue weighted by Crippen LogP contribution is -2.19. The Morgan fingerprint density at radius 3 is 2.26 bits per heavy atom. The molecule has 1 amide bonds. The maximum absolute atomic E-state index is 14.5. The van der Waals surface area contributed by atoms with Crippen LogP contribution in [-0.4, -0.2) is 11.6 Å². The number of amides is 1. The van der Waals surface area contributed by atoms with Gasteiger partial charge in [0.05, 0.1) is 16.8 Å². The number of aryl methyl sites for hydroxylation is 1. The van der Waals surface area contributed by atoms with Gasteiger partial charge in [0.2, 0.25) is 5.91 Å². The van der Waals surface area contributed by atoms with Crippen LogP contribution in [0.15, 0.2) is 48.3 Å². The molecule has 118 valence electrons. The standard InChI is InChI=1S/C17H15F2N3O/c1-9-5-7-10(8-6-9)15(20)14(19)16(21)13-11(17(22)23)3-2-4-12(13)18/h2-8,21H,20H2,1H3,(H2,22,23)/b15-14+,21-16?. The lowest BCUT2D eigenvalue weighted by molar-refractivity contribution is 0.0999. The van der Waals surface area contributed by atoms with E-state index in [9.17, 15) is 13.6 Å². The average molecular weight is 315 g/mol. The van der Waals surface area contributed by atoms with Gasteiger partial charge in [-0.2, -0.15) is 0 Å². The van der Waals surface area contributed by atoms with Gasteiger partial charge >= 0.3 is 0 Å². The molecule has 0 unspecified atom stereocenters. The Kier molecular flexibility index (Phi) is 4.55. The zero-order valence-electron chi connectivity index (χ0n) is 12.4. The Bertz CT molecular complexity index is 811. The number of primary amides is 1. The number of rotatable bonds is 4. The van der Waals surface area contributed by atoms with Crippen LogP contribution in [0.4, 0.5) is 8.78 Å². The number of allylic oxidation sites excluding steroid dienone is 1. The van der Waals surface area contributed by atoms with Crippen LogP contribution < -0.4 is 11.5 Å². The Morgan fingerprint density at radius 1 is 1.09 bits per heavy atom. The molecule has 0 spiro atoms. The van der Waals surface area contributed by atoms with Gasteiger partial charge in [-0.05, 0) is 19.1 Å². The molecule has 0 fully saturated rings. The van der Waals surface area contributed by atoms with Gasteiger partial charge in [0.1, 0.15) is 11.5 Å². The summed E-state index contributed by atoms with van der Waals surface area (Å²) in [5, 5.41) is 7.87. The van der Waals surface area contributed by atoms with E-state index >= 15 is 0 Å². The van der Waals surface area contributed by atoms with Gasteiger partial charge in [0.25, 0.3) is 0 Å². The molecule has 0 radical (unpaired) electrons. The second-order valence-electron chi connectivity index (χ2n) is 5.00. The SMILES string of the molecule is Cc1ccc(/C(N)=C(\F)C(=N)c2c(F)cccc2C(N)=O)cc1. The van der Waals surface area contributed by atoms with Crippen molar-refractivity contribution in [1.29, 1.82) is 5.41 Å². The maximum Gasteiger partial charge on any atom is 0.249 e. The van der Waals surface area contributed by atoms with Crippen LogP contribution in [-0.2, 0) is 0 Å². The first-order chi connectivity index (χ1) is 10.8. The molecule has 2 aromatic rings. The molecule has 0 saturated carbocycles. The first-order valence-corrected chi connectivity index (χ1v) is 6.72. The third-order valence-corrected chi connectivity index (χ3v) is 3.35. The molecule has 0 atom stereocenters. The van der Waals surface area contributed by atoms with Gasteiger partial charge in [0, 0.05) is 5.56 Å². The fourth-order valence-electron chi connectivity index (χ4n) is 2.09. The summed E-state index contributed by atoms with van der Waals surface area (Å²) in [6, 6.07) is 10.2. The zero-order chi connectivity index (χ0) is 17.1. The van der Waals surface area contributed by atoms with Crippen LogP contribution in [0.5, 0.6) is 0 Å². The molecule has 0 bridgehead atoms. The molecule has 4 nitrogen and oxygen atoms in total. The summed E-state index contributed by atoms with van der Waals surface area (Å²) in [4.78, 5) is 11.4. The normalized spacial score (nSPS) is 11.8. The first-order valence-electron chi connectivity index (χ1n) is 6.72. The number of nitrogens with one attached hydrogen (secondary N) is 1. The van der Waals surface area contributed by atoms with Gasteiger partial charge in [0.15, 0.2) is 5.83 Å². The Labute approximate surface area is 131 Å². The van der Waals surface area contributed by atoms with Crippen molar-refractivity contribution in [1.82, 2.24) is 0 Å². The van der Waals surface area contributed by atoms with Gasteiger partial charge in [-0.25, -0.2) is 8.78 Å². The third-order valence-electron chi connectivity index (χ3n) is 3.35. The molecular weight excluding hydrogens is 300 g/mol. The number of carbonyl (C=O) groups excluding carboxylic acids is 1. The van der Waals surface area contributed by atoms with E-state index in [1.165, 1.54) is 12.1 Å². The first kappa shape index (κ1) is 16.4. The number of carbonyl (C=O) groups is 1. The number of benzene rings is 2. The molecule has 0 aromatic heterocycles. The Balaban J connectivity index is 2.54. The number of hydrogen-bond donors (Lipinski definition) is 3. The van der Waals surface area contributed by atoms with E-state index in [4.69, 9.17) is 16.9 Å². The third kappa shape index (κ3) is 3.26. The van der Waals surface area contributed by atoms with E-state index in [0.717, 1.165) is 11.6 Å². The van der Waals surface area contributed by atoms with Crippen LogP contribution in [0.1, 0.15) is 27.0 Å². The summed E-state index contributed by atoms with van der Waals surface area (Å²) in [5.41, 5.74) is 10.3. The highest BCUT2D eigenvalue weighted by Gasteiger charge is 2.22. The molecule has 6 heteroatoms. The largest absolute Gasteiger partial charge is 0.396 e. The molecule has 0 saturated heterocycles. The lowest BCUT2D eigenvalue weighted by atomic mass is 9.99. The van der Waals surface area contributed by atoms with Crippen molar-refractivity contribution < 1.29 is 13.6 Å². The van der Waals surface area contributed by atoms with Crippen molar-refractivity contribution in [3.63, 3.8) is 0 Å². The summed E-state index contributed by atoms with van der Waals surface area (Å²) >= 11 is 0. The van der Waals surface area contributed by atoms with Gasteiger partial charge in [-0.1, -0.05) is 35.9 Å². The van der Waals surface area contributed by atoms with Crippen molar-refractivity contribution in [3.05, 3.63) is 76.4 Å². The molecule has 23 heavy (non-hydrogen) atoms. The van der Waals surface area contributed by atoms with Gasteiger partial charge in [-0.15, -0.1) is 0 Å². The van der Waals surface area contributed by atoms with Crippen molar-refractivity contribution in [2.45, 2.75) is 6.92 Å². The minimum Gasteiger partial charge on any atom is -0.396 e. The molecule has 2 rings (SSSR count). The van der Waals surface area contributed by atoms with E-state index in [1.54, 1.807) is 24.3 Å². The van der Waals surface area contributed by atoms with Crippen LogP contribution >= 0.6 is 0 Å². The van der Waals surface area contributed by atoms with Crippen molar-refractivity contribution in [2.24, 2.45) is 11.5 Å². The molecule has 0 heterocycles. The summed E-state index contributed by atoms with van der Waals surface area (Å²) in [7, 11) is 0. The monoisotopic (exact) mass is 315 g/mol. The second kappa shape index (κ2) is 6.39. The maximum atomic E-state index is 14.5. The van der Waals surface area contributed by atoms with Crippen LogP contribution in [0.3, 0.4) is 0 Å². The number of hydrogen-bond acceptors (Lipinski definition) is 3. The fourth-order valence-corrected chi connectivity index (χ4v) is 2.09. The minimum atomic E-state index is -1.12. The van der Waals surface area contributed by atoms with E-state index in [1.807, 2.05) is 6.92 Å². The summed E-state index contributed by atoms with van der Waals surface area (Å²) in [5.74, 6) is -2.99. The fraction of sp³-hybridized carbons (Fsp3) is 0.0588. The Morgan fingerprint density at radius 2 is 1.70 bits per heavy atom. The van der Waals surface area contributed by atoms with Crippen LogP contribution in [0.2, 0.25) is 0 Å². The smallest absolute Gasteiger partial charge is 0.249 e. The summed E-state index contributed by atoms with van der Waals surface area (Å²) < 4.78 is 28.5. The molecule has 0 aliphatic rings. The predicted molar refractivity (Wildman–Crippen MR) is 85.1 cm³/mol. The van der Waals surface area contributed by atoms with E-state index in [0.29, 0.717) is 5.56 Å². The van der Waals surface area contributed by atoms with Crippen LogP contribution in [0, 0.1) is 18.2 Å². The number of nitrogens with two attached hydrogens (primary N) is 2. The topological polar surface area (TPSA) is 93.0 Å². The average Bonchev–Trinajstić information content (AvgIpc) is 2.53. The highest BCUT2D eigenvalue weighted by molar-refractivity contribution is 6.17. The van der Waals surface area contributed by atoms with E-state index < -0.39 is 28.8 Å². The van der Waals surface area contributed by atoms with Crippen molar-refractivity contribution >= 4 is 17.3 Å². The zero-order valence-corrected chi connectivity index (χ0v) is 12.4. The predicted octanol–water partition coefficient (Wildman–Crippen LogP) is 2.90. The molecule has 0 aliphatic heterocycles. The summed E-state index contributed by atoms with van der Waals surface area (Å²) in [6.07, 6.45) is 0. The second-order valence-corrected chi connectivity index (χ2v) is 5.00. The Hall–Kier alpha value is -3.02. The highest BCUT2D eigenvalue weighted by Crippen LogP contribution is 2.23. The highest BCUT2D eigenvalue weighted by atomic mass is 19.1. The van der Waals surface area contributed by atoms with Crippen molar-refractivity contribution in [3.8, 4) is 0 Å². The van der Waals surface area contributed by atoms with E-state index in [2.05, 4.69) is 0 Å². The quantitative estimate of drug-likeness (QED) is 0.757. The minimum absolute atomic E-state index is 0.276.